The predicted molar refractivity (Wildman–Crippen MR) is 122 cm³/mol. The van der Waals surface area contributed by atoms with Crippen LogP contribution in [0.5, 0.6) is 0 Å². The summed E-state index contributed by atoms with van der Waals surface area (Å²) in [7, 11) is 0. The van der Waals surface area contributed by atoms with Gasteiger partial charge in [-0.1, -0.05) is 13.0 Å². The lowest BCUT2D eigenvalue weighted by molar-refractivity contribution is -0.122. The molecule has 0 spiro atoms. The van der Waals surface area contributed by atoms with E-state index in [1.807, 2.05) is 6.07 Å². The van der Waals surface area contributed by atoms with Crippen LogP contribution in [0.3, 0.4) is 0 Å². The Hall–Kier alpha value is -2.03. The smallest absolute Gasteiger partial charge is 0.234 e. The second-order valence-electron chi connectivity index (χ2n) is 7.42. The standard InChI is InChI=1S/C21H27N5OS2/c1-4-7-22-17(27)13-25-8-10-26(11-9-25)20-18-14(2)15(3)29-21(18)24-19(23-20)16-6-5-12-28-16/h5-6,12H,4,7-11,13H2,1-3H3,(H,22,27). The highest BCUT2D eigenvalue weighted by Crippen LogP contribution is 2.37. The molecule has 8 heteroatoms. The topological polar surface area (TPSA) is 61.4 Å². The molecule has 0 aromatic carbocycles. The number of hydrogen-bond donors (Lipinski definition) is 1. The zero-order chi connectivity index (χ0) is 20.4. The number of aryl methyl sites for hydroxylation is 2. The molecule has 0 saturated carbocycles. The minimum atomic E-state index is 0.119. The Morgan fingerprint density at radius 3 is 2.69 bits per heavy atom. The van der Waals surface area contributed by atoms with Crippen molar-refractivity contribution in [2.24, 2.45) is 0 Å². The molecule has 154 valence electrons. The van der Waals surface area contributed by atoms with Gasteiger partial charge in [-0.15, -0.1) is 22.7 Å². The predicted octanol–water partition coefficient (Wildman–Crippen LogP) is 3.68. The lowest BCUT2D eigenvalue weighted by Gasteiger charge is -2.35. The minimum absolute atomic E-state index is 0.119. The quantitative estimate of drug-likeness (QED) is 0.648. The highest BCUT2D eigenvalue weighted by molar-refractivity contribution is 7.19. The molecule has 4 rings (SSSR count). The zero-order valence-electron chi connectivity index (χ0n) is 17.2. The molecule has 6 nitrogen and oxygen atoms in total. The molecule has 1 aliphatic rings. The van der Waals surface area contributed by atoms with E-state index in [9.17, 15) is 4.79 Å². The molecule has 0 unspecified atom stereocenters. The van der Waals surface area contributed by atoms with E-state index in [-0.39, 0.29) is 5.91 Å². The van der Waals surface area contributed by atoms with Gasteiger partial charge in [0.25, 0.3) is 0 Å². The van der Waals surface area contributed by atoms with Gasteiger partial charge in [0.05, 0.1) is 16.8 Å². The van der Waals surface area contributed by atoms with Crippen molar-refractivity contribution < 1.29 is 4.79 Å². The van der Waals surface area contributed by atoms with Gasteiger partial charge < -0.3 is 10.2 Å². The van der Waals surface area contributed by atoms with Crippen LogP contribution in [-0.2, 0) is 4.79 Å². The molecular formula is C21H27N5OS2. The average molecular weight is 430 g/mol. The maximum atomic E-state index is 12.0. The second-order valence-corrected chi connectivity index (χ2v) is 9.58. The van der Waals surface area contributed by atoms with Crippen LogP contribution in [0.15, 0.2) is 17.5 Å². The van der Waals surface area contributed by atoms with Gasteiger partial charge in [0.15, 0.2) is 5.82 Å². The summed E-state index contributed by atoms with van der Waals surface area (Å²) in [5.74, 6) is 1.97. The molecule has 1 N–H and O–H groups in total. The van der Waals surface area contributed by atoms with Gasteiger partial charge in [0.1, 0.15) is 10.6 Å². The van der Waals surface area contributed by atoms with Crippen LogP contribution < -0.4 is 10.2 Å². The second kappa shape index (κ2) is 8.77. The number of amides is 1. The summed E-state index contributed by atoms with van der Waals surface area (Å²) in [4.78, 5) is 30.0. The van der Waals surface area contributed by atoms with E-state index in [1.54, 1.807) is 22.7 Å². The highest BCUT2D eigenvalue weighted by Gasteiger charge is 2.24. The molecular weight excluding hydrogens is 402 g/mol. The summed E-state index contributed by atoms with van der Waals surface area (Å²) >= 11 is 3.42. The minimum Gasteiger partial charge on any atom is -0.355 e. The molecule has 1 aliphatic heterocycles. The van der Waals surface area contributed by atoms with Crippen LogP contribution in [0.25, 0.3) is 20.9 Å². The first-order valence-corrected chi connectivity index (χ1v) is 11.8. The number of piperazine rings is 1. The molecule has 1 fully saturated rings. The number of aromatic nitrogens is 2. The van der Waals surface area contributed by atoms with Gasteiger partial charge in [0.2, 0.25) is 5.91 Å². The molecule has 29 heavy (non-hydrogen) atoms. The van der Waals surface area contributed by atoms with Crippen molar-refractivity contribution in [2.75, 3.05) is 44.2 Å². The Labute approximate surface area is 179 Å². The number of anilines is 1. The van der Waals surface area contributed by atoms with Gasteiger partial charge >= 0.3 is 0 Å². The Bertz CT molecular complexity index is 990. The van der Waals surface area contributed by atoms with E-state index in [1.165, 1.54) is 15.8 Å². The van der Waals surface area contributed by atoms with Crippen molar-refractivity contribution in [3.05, 3.63) is 28.0 Å². The SMILES string of the molecule is CCCNC(=O)CN1CCN(c2nc(-c3cccs3)nc3sc(C)c(C)c23)CC1. The monoisotopic (exact) mass is 429 g/mol. The van der Waals surface area contributed by atoms with Gasteiger partial charge in [-0.3, -0.25) is 9.69 Å². The average Bonchev–Trinajstić information content (AvgIpc) is 3.35. The summed E-state index contributed by atoms with van der Waals surface area (Å²) in [5, 5.41) is 6.22. The first kappa shape index (κ1) is 20.3. The Morgan fingerprint density at radius 1 is 1.21 bits per heavy atom. The molecule has 3 aromatic rings. The van der Waals surface area contributed by atoms with Crippen LogP contribution in [-0.4, -0.2) is 60.0 Å². The number of carbonyl (C=O) groups excluding carboxylic acids is 1. The highest BCUT2D eigenvalue weighted by atomic mass is 32.1. The molecule has 0 radical (unpaired) electrons. The number of nitrogens with one attached hydrogen (secondary N) is 1. The normalized spacial score (nSPS) is 15.2. The maximum Gasteiger partial charge on any atom is 0.234 e. The van der Waals surface area contributed by atoms with Crippen molar-refractivity contribution in [1.29, 1.82) is 0 Å². The van der Waals surface area contributed by atoms with Crippen LogP contribution in [0, 0.1) is 13.8 Å². The lowest BCUT2D eigenvalue weighted by atomic mass is 10.2. The summed E-state index contributed by atoms with van der Waals surface area (Å²) in [5.41, 5.74) is 1.28. The summed E-state index contributed by atoms with van der Waals surface area (Å²) in [6, 6.07) is 4.12. The van der Waals surface area contributed by atoms with Crippen molar-refractivity contribution in [2.45, 2.75) is 27.2 Å². The van der Waals surface area contributed by atoms with E-state index in [2.05, 4.69) is 47.3 Å². The van der Waals surface area contributed by atoms with Gasteiger partial charge in [0, 0.05) is 37.6 Å². The number of fused-ring (bicyclic) bond motifs is 1. The third-order valence-corrected chi connectivity index (χ3v) is 7.33. The van der Waals surface area contributed by atoms with E-state index < -0.39 is 0 Å². The number of hydrogen-bond acceptors (Lipinski definition) is 7. The fraction of sp³-hybridized carbons (Fsp3) is 0.476. The number of rotatable bonds is 6. The van der Waals surface area contributed by atoms with Gasteiger partial charge in [-0.25, -0.2) is 9.97 Å². The van der Waals surface area contributed by atoms with Crippen LogP contribution >= 0.6 is 22.7 Å². The van der Waals surface area contributed by atoms with Crippen LogP contribution in [0.1, 0.15) is 23.8 Å². The fourth-order valence-corrected chi connectivity index (χ4v) is 5.30. The summed E-state index contributed by atoms with van der Waals surface area (Å²) < 4.78 is 0. The zero-order valence-corrected chi connectivity index (χ0v) is 18.8. The first-order valence-electron chi connectivity index (χ1n) is 10.1. The van der Waals surface area contributed by atoms with E-state index in [0.29, 0.717) is 6.54 Å². The lowest BCUT2D eigenvalue weighted by Crippen LogP contribution is -2.49. The van der Waals surface area contributed by atoms with Crippen LogP contribution in [0.2, 0.25) is 0 Å². The van der Waals surface area contributed by atoms with Crippen molar-refractivity contribution >= 4 is 44.6 Å². The van der Waals surface area contributed by atoms with E-state index in [4.69, 9.17) is 9.97 Å². The number of carbonyl (C=O) groups is 1. The number of thiophene rings is 2. The molecule has 0 bridgehead atoms. The molecule has 0 aliphatic carbocycles. The Kier molecular flexibility index (Phi) is 6.12. The largest absolute Gasteiger partial charge is 0.355 e. The fourth-order valence-electron chi connectivity index (χ4n) is 3.61. The Balaban J connectivity index is 1.57. The van der Waals surface area contributed by atoms with E-state index in [0.717, 1.165) is 60.5 Å². The Morgan fingerprint density at radius 2 is 2.00 bits per heavy atom. The molecule has 4 heterocycles. The first-order chi connectivity index (χ1) is 14.1. The van der Waals surface area contributed by atoms with Crippen molar-refractivity contribution in [1.82, 2.24) is 20.2 Å². The van der Waals surface area contributed by atoms with Crippen LogP contribution in [0.4, 0.5) is 5.82 Å². The van der Waals surface area contributed by atoms with Crippen molar-refractivity contribution in [3.63, 3.8) is 0 Å². The van der Waals surface area contributed by atoms with Gasteiger partial charge in [-0.2, -0.15) is 0 Å². The van der Waals surface area contributed by atoms with E-state index >= 15 is 0 Å². The third-order valence-electron chi connectivity index (χ3n) is 5.36. The van der Waals surface area contributed by atoms with Crippen molar-refractivity contribution in [3.8, 4) is 10.7 Å². The molecule has 1 saturated heterocycles. The molecule has 0 atom stereocenters. The summed E-state index contributed by atoms with van der Waals surface area (Å²) in [6.07, 6.45) is 0.967. The summed E-state index contributed by atoms with van der Waals surface area (Å²) in [6.45, 7) is 11.1. The molecule has 1 amide bonds. The third kappa shape index (κ3) is 4.29. The maximum absolute atomic E-state index is 12.0. The molecule has 3 aromatic heterocycles. The number of nitrogens with zero attached hydrogens (tertiary/aromatic N) is 4. The van der Waals surface area contributed by atoms with Gasteiger partial charge in [-0.05, 0) is 37.3 Å².